The second kappa shape index (κ2) is 8.67. The van der Waals surface area contributed by atoms with Crippen molar-refractivity contribution < 1.29 is 14.2 Å². The third kappa shape index (κ3) is 3.68. The summed E-state index contributed by atoms with van der Waals surface area (Å²) in [4.78, 5) is 0. The second-order valence-electron chi connectivity index (χ2n) is 6.71. The Morgan fingerprint density at radius 1 is 0.867 bits per heavy atom. The number of hydrogen-bond acceptors (Lipinski definition) is 6. The summed E-state index contributed by atoms with van der Waals surface area (Å²) in [7, 11) is 6.75. The van der Waals surface area contributed by atoms with Gasteiger partial charge in [-0.05, 0) is 28.5 Å². The molecular formula is C23H23N3O3S. The third-order valence-corrected chi connectivity index (χ3v) is 6.06. The Morgan fingerprint density at radius 2 is 1.57 bits per heavy atom. The number of ether oxygens (including phenoxy) is 3. The molecule has 3 aromatic carbocycles. The molecule has 0 unspecified atom stereocenters. The van der Waals surface area contributed by atoms with Crippen molar-refractivity contribution in [1.29, 1.82) is 0 Å². The van der Waals surface area contributed by atoms with Gasteiger partial charge in [-0.1, -0.05) is 54.2 Å². The lowest BCUT2D eigenvalue weighted by Gasteiger charge is -2.14. The summed E-state index contributed by atoms with van der Waals surface area (Å²) >= 11 is 1.66. The minimum absolute atomic E-state index is 0.552. The SMILES string of the molecule is COc1cc(-c2nnc(SCc3cccc4ccccc34)n2C)cc(OC)c1OC. The standard InChI is InChI=1S/C23H23N3O3S/c1-26-22(17-12-19(27-2)21(29-4)20(13-17)28-3)24-25-23(26)30-14-16-10-7-9-15-8-5-6-11-18(15)16/h5-13H,14H2,1-4H3. The van der Waals surface area contributed by atoms with Crippen LogP contribution in [0, 0.1) is 0 Å². The van der Waals surface area contributed by atoms with E-state index in [9.17, 15) is 0 Å². The van der Waals surface area contributed by atoms with E-state index in [1.165, 1.54) is 16.3 Å². The molecule has 1 aromatic heterocycles. The molecule has 0 fully saturated rings. The molecule has 0 saturated heterocycles. The van der Waals surface area contributed by atoms with Crippen LogP contribution in [0.1, 0.15) is 5.56 Å². The van der Waals surface area contributed by atoms with E-state index in [0.29, 0.717) is 17.2 Å². The van der Waals surface area contributed by atoms with E-state index >= 15 is 0 Å². The molecule has 154 valence electrons. The highest BCUT2D eigenvalue weighted by molar-refractivity contribution is 7.98. The first-order valence-electron chi connectivity index (χ1n) is 9.45. The molecule has 6 nitrogen and oxygen atoms in total. The minimum atomic E-state index is 0.552. The van der Waals surface area contributed by atoms with Gasteiger partial charge in [-0.25, -0.2) is 0 Å². The van der Waals surface area contributed by atoms with Crippen molar-refractivity contribution in [2.24, 2.45) is 7.05 Å². The molecule has 4 rings (SSSR count). The molecule has 1 heterocycles. The van der Waals surface area contributed by atoms with Crippen LogP contribution in [0.15, 0.2) is 59.8 Å². The lowest BCUT2D eigenvalue weighted by atomic mass is 10.1. The Labute approximate surface area is 179 Å². The number of rotatable bonds is 7. The number of nitrogens with zero attached hydrogens (tertiary/aromatic N) is 3. The summed E-state index contributed by atoms with van der Waals surface area (Å²) in [6, 6.07) is 18.6. The molecule has 0 atom stereocenters. The molecule has 0 N–H and O–H groups in total. The Morgan fingerprint density at radius 3 is 2.27 bits per heavy atom. The molecule has 30 heavy (non-hydrogen) atoms. The van der Waals surface area contributed by atoms with Gasteiger partial charge in [0, 0.05) is 18.4 Å². The van der Waals surface area contributed by atoms with Crippen molar-refractivity contribution in [3.63, 3.8) is 0 Å². The summed E-state index contributed by atoms with van der Waals surface area (Å²) in [5.41, 5.74) is 2.12. The lowest BCUT2D eigenvalue weighted by Crippen LogP contribution is -1.99. The molecule has 0 aliphatic rings. The maximum absolute atomic E-state index is 5.47. The van der Waals surface area contributed by atoms with Gasteiger partial charge in [-0.3, -0.25) is 0 Å². The predicted molar refractivity (Wildman–Crippen MR) is 120 cm³/mol. The van der Waals surface area contributed by atoms with Gasteiger partial charge in [0.05, 0.1) is 21.3 Å². The van der Waals surface area contributed by atoms with Gasteiger partial charge in [0.25, 0.3) is 0 Å². The second-order valence-corrected chi connectivity index (χ2v) is 7.65. The number of methoxy groups -OCH3 is 3. The number of benzene rings is 3. The monoisotopic (exact) mass is 421 g/mol. The maximum atomic E-state index is 5.47. The first-order valence-corrected chi connectivity index (χ1v) is 10.4. The molecule has 4 aromatic rings. The van der Waals surface area contributed by atoms with Crippen molar-refractivity contribution >= 4 is 22.5 Å². The van der Waals surface area contributed by atoms with Crippen LogP contribution in [0.5, 0.6) is 17.2 Å². The van der Waals surface area contributed by atoms with Crippen molar-refractivity contribution in [3.05, 3.63) is 60.2 Å². The van der Waals surface area contributed by atoms with E-state index in [-0.39, 0.29) is 0 Å². The van der Waals surface area contributed by atoms with Gasteiger partial charge >= 0.3 is 0 Å². The Balaban J connectivity index is 1.63. The zero-order valence-corrected chi connectivity index (χ0v) is 18.2. The summed E-state index contributed by atoms with van der Waals surface area (Å²) in [6.45, 7) is 0. The first kappa shape index (κ1) is 20.1. The van der Waals surface area contributed by atoms with Crippen molar-refractivity contribution in [2.45, 2.75) is 10.9 Å². The van der Waals surface area contributed by atoms with Crippen LogP contribution >= 0.6 is 11.8 Å². The number of fused-ring (bicyclic) bond motifs is 1. The van der Waals surface area contributed by atoms with E-state index < -0.39 is 0 Å². The summed E-state index contributed by atoms with van der Waals surface area (Å²) in [5.74, 6) is 3.26. The normalized spacial score (nSPS) is 10.9. The van der Waals surface area contributed by atoms with E-state index in [0.717, 1.165) is 22.3 Å². The van der Waals surface area contributed by atoms with Crippen LogP contribution < -0.4 is 14.2 Å². The van der Waals surface area contributed by atoms with Gasteiger partial charge in [0.2, 0.25) is 5.75 Å². The lowest BCUT2D eigenvalue weighted by molar-refractivity contribution is 0.324. The quantitative estimate of drug-likeness (QED) is 0.394. The highest BCUT2D eigenvalue weighted by Gasteiger charge is 2.18. The molecule has 0 aliphatic carbocycles. The largest absolute Gasteiger partial charge is 0.493 e. The van der Waals surface area contributed by atoms with Crippen LogP contribution in [-0.4, -0.2) is 36.1 Å². The minimum Gasteiger partial charge on any atom is -0.493 e. The summed E-state index contributed by atoms with van der Waals surface area (Å²) in [5, 5.41) is 12.2. The van der Waals surface area contributed by atoms with Crippen LogP contribution in [-0.2, 0) is 12.8 Å². The molecule has 0 radical (unpaired) electrons. The van der Waals surface area contributed by atoms with E-state index in [1.807, 2.05) is 23.7 Å². The van der Waals surface area contributed by atoms with Gasteiger partial charge in [-0.2, -0.15) is 0 Å². The average molecular weight is 422 g/mol. The van der Waals surface area contributed by atoms with E-state index in [4.69, 9.17) is 14.2 Å². The maximum Gasteiger partial charge on any atom is 0.203 e. The molecule has 0 amide bonds. The molecular weight excluding hydrogens is 398 g/mol. The number of aromatic nitrogens is 3. The highest BCUT2D eigenvalue weighted by atomic mass is 32.2. The van der Waals surface area contributed by atoms with Crippen LogP contribution in [0.2, 0.25) is 0 Å². The van der Waals surface area contributed by atoms with Gasteiger partial charge in [-0.15, -0.1) is 10.2 Å². The molecule has 0 aliphatic heterocycles. The topological polar surface area (TPSA) is 58.4 Å². The highest BCUT2D eigenvalue weighted by Crippen LogP contribution is 2.41. The van der Waals surface area contributed by atoms with Crippen molar-refractivity contribution in [3.8, 4) is 28.6 Å². The van der Waals surface area contributed by atoms with E-state index in [1.54, 1.807) is 33.1 Å². The van der Waals surface area contributed by atoms with E-state index in [2.05, 4.69) is 52.7 Å². The molecule has 0 saturated carbocycles. The smallest absolute Gasteiger partial charge is 0.203 e. The number of thioether (sulfide) groups is 1. The summed E-state index contributed by atoms with van der Waals surface area (Å²) < 4.78 is 18.3. The Kier molecular flexibility index (Phi) is 5.81. The Hall–Kier alpha value is -3.19. The Bertz CT molecular complexity index is 1160. The van der Waals surface area contributed by atoms with Crippen LogP contribution in [0.4, 0.5) is 0 Å². The zero-order chi connectivity index (χ0) is 21.1. The first-order chi connectivity index (χ1) is 14.7. The zero-order valence-electron chi connectivity index (χ0n) is 17.4. The predicted octanol–water partition coefficient (Wildman–Crippen LogP) is 4.95. The summed E-state index contributed by atoms with van der Waals surface area (Å²) in [6.07, 6.45) is 0. The van der Waals surface area contributed by atoms with Crippen LogP contribution in [0.3, 0.4) is 0 Å². The molecule has 0 bridgehead atoms. The van der Waals surface area contributed by atoms with Gasteiger partial charge < -0.3 is 18.8 Å². The molecule has 7 heteroatoms. The fourth-order valence-corrected chi connectivity index (χ4v) is 4.38. The van der Waals surface area contributed by atoms with Gasteiger partial charge in [0.1, 0.15) is 0 Å². The molecule has 0 spiro atoms. The fourth-order valence-electron chi connectivity index (χ4n) is 3.46. The van der Waals surface area contributed by atoms with Crippen molar-refractivity contribution in [1.82, 2.24) is 14.8 Å². The fraction of sp³-hybridized carbons (Fsp3) is 0.217. The van der Waals surface area contributed by atoms with Crippen LogP contribution in [0.25, 0.3) is 22.2 Å². The average Bonchev–Trinajstić information content (AvgIpc) is 3.16. The number of hydrogen-bond donors (Lipinski definition) is 0. The third-order valence-electron chi connectivity index (χ3n) is 4.99. The van der Waals surface area contributed by atoms with Gasteiger partial charge in [0.15, 0.2) is 22.5 Å². The van der Waals surface area contributed by atoms with Crippen molar-refractivity contribution in [2.75, 3.05) is 21.3 Å².